The molecule has 6 heteroatoms. The van der Waals surface area contributed by atoms with E-state index in [1.54, 1.807) is 0 Å². The van der Waals surface area contributed by atoms with Gasteiger partial charge in [-0.15, -0.1) is 0 Å². The molecule has 1 aromatic rings. The van der Waals surface area contributed by atoms with Gasteiger partial charge in [-0.05, 0) is 24.3 Å². The standard InChI is InChI=1S/C9H9F3N2O/c1-6(15)14(13)8-4-2-7(3-5-8)9(10,11)12/h2-5H,13H2,1H3. The molecular formula is C9H9F3N2O. The summed E-state index contributed by atoms with van der Waals surface area (Å²) in [4.78, 5) is 10.8. The first-order chi connectivity index (χ1) is 6.82. The summed E-state index contributed by atoms with van der Waals surface area (Å²) in [6, 6.07) is 4.03. The molecule has 0 aliphatic carbocycles. The maximum atomic E-state index is 12.2. The van der Waals surface area contributed by atoms with Gasteiger partial charge in [0.25, 0.3) is 0 Å². The lowest BCUT2D eigenvalue weighted by Gasteiger charge is -2.15. The summed E-state index contributed by atoms with van der Waals surface area (Å²) in [5.41, 5.74) is -0.557. The molecule has 15 heavy (non-hydrogen) atoms. The van der Waals surface area contributed by atoms with E-state index < -0.39 is 17.6 Å². The quantitative estimate of drug-likeness (QED) is 0.444. The van der Waals surface area contributed by atoms with Crippen LogP contribution in [0.4, 0.5) is 18.9 Å². The Kier molecular flexibility index (Phi) is 2.99. The average molecular weight is 218 g/mol. The smallest absolute Gasteiger partial charge is 0.273 e. The highest BCUT2D eigenvalue weighted by Crippen LogP contribution is 2.30. The Labute approximate surface area is 84.3 Å². The van der Waals surface area contributed by atoms with Gasteiger partial charge in [-0.25, -0.2) is 10.9 Å². The van der Waals surface area contributed by atoms with Gasteiger partial charge in [-0.2, -0.15) is 13.2 Å². The number of benzene rings is 1. The molecule has 0 aliphatic heterocycles. The summed E-state index contributed by atoms with van der Waals surface area (Å²) in [7, 11) is 0. The van der Waals surface area contributed by atoms with Gasteiger partial charge in [-0.1, -0.05) is 0 Å². The van der Waals surface area contributed by atoms with Crippen molar-refractivity contribution in [1.82, 2.24) is 0 Å². The molecule has 82 valence electrons. The first-order valence-electron chi connectivity index (χ1n) is 4.05. The molecule has 0 bridgehead atoms. The maximum Gasteiger partial charge on any atom is 0.416 e. The predicted molar refractivity (Wildman–Crippen MR) is 48.8 cm³/mol. The van der Waals surface area contributed by atoms with Crippen molar-refractivity contribution in [3.63, 3.8) is 0 Å². The summed E-state index contributed by atoms with van der Waals surface area (Å²) in [6.07, 6.45) is -4.38. The summed E-state index contributed by atoms with van der Waals surface area (Å²) in [5, 5.41) is 0.778. The summed E-state index contributed by atoms with van der Waals surface area (Å²) in [6.45, 7) is 1.22. The zero-order valence-corrected chi connectivity index (χ0v) is 7.88. The van der Waals surface area contributed by atoms with Crippen molar-refractivity contribution >= 4 is 11.6 Å². The monoisotopic (exact) mass is 218 g/mol. The number of nitrogens with two attached hydrogens (primary N) is 1. The van der Waals surface area contributed by atoms with E-state index in [-0.39, 0.29) is 5.69 Å². The second-order valence-corrected chi connectivity index (χ2v) is 2.93. The molecule has 3 nitrogen and oxygen atoms in total. The number of anilines is 1. The Hall–Kier alpha value is -1.56. The minimum absolute atomic E-state index is 0.218. The lowest BCUT2D eigenvalue weighted by Crippen LogP contribution is -2.35. The van der Waals surface area contributed by atoms with E-state index in [1.807, 2.05) is 0 Å². The van der Waals surface area contributed by atoms with Crippen LogP contribution in [0.5, 0.6) is 0 Å². The number of carbonyl (C=O) groups is 1. The second kappa shape index (κ2) is 3.90. The zero-order chi connectivity index (χ0) is 11.6. The minimum atomic E-state index is -4.38. The lowest BCUT2D eigenvalue weighted by atomic mass is 10.2. The third-order valence-corrected chi connectivity index (χ3v) is 1.81. The third-order valence-electron chi connectivity index (χ3n) is 1.81. The van der Waals surface area contributed by atoms with Crippen LogP contribution in [0.3, 0.4) is 0 Å². The van der Waals surface area contributed by atoms with Gasteiger partial charge in [-0.3, -0.25) is 4.79 Å². The number of alkyl halides is 3. The van der Waals surface area contributed by atoms with Crippen molar-refractivity contribution in [1.29, 1.82) is 0 Å². The minimum Gasteiger partial charge on any atom is -0.273 e. The van der Waals surface area contributed by atoms with E-state index in [4.69, 9.17) is 5.84 Å². The van der Waals surface area contributed by atoms with Crippen molar-refractivity contribution in [3.8, 4) is 0 Å². The molecule has 0 heterocycles. The van der Waals surface area contributed by atoms with E-state index in [2.05, 4.69) is 0 Å². The first kappa shape index (κ1) is 11.5. The third kappa shape index (κ3) is 2.69. The van der Waals surface area contributed by atoms with E-state index in [0.29, 0.717) is 0 Å². The van der Waals surface area contributed by atoms with Gasteiger partial charge in [0.15, 0.2) is 0 Å². The average Bonchev–Trinajstić information content (AvgIpc) is 2.15. The van der Waals surface area contributed by atoms with Gasteiger partial charge in [0, 0.05) is 6.92 Å². The van der Waals surface area contributed by atoms with Gasteiger partial charge in [0.1, 0.15) is 0 Å². The van der Waals surface area contributed by atoms with Crippen LogP contribution in [-0.2, 0) is 11.0 Å². The Morgan fingerprint density at radius 3 is 2.07 bits per heavy atom. The number of carbonyl (C=O) groups excluding carboxylic acids is 1. The fraction of sp³-hybridized carbons (Fsp3) is 0.222. The van der Waals surface area contributed by atoms with Crippen molar-refractivity contribution in [2.75, 3.05) is 5.01 Å². The molecule has 0 aromatic heterocycles. The van der Waals surface area contributed by atoms with Crippen LogP contribution in [0.15, 0.2) is 24.3 Å². The van der Waals surface area contributed by atoms with Crippen molar-refractivity contribution in [2.24, 2.45) is 5.84 Å². The highest BCUT2D eigenvalue weighted by atomic mass is 19.4. The largest absolute Gasteiger partial charge is 0.416 e. The molecule has 0 saturated heterocycles. The molecule has 0 atom stereocenters. The highest BCUT2D eigenvalue weighted by molar-refractivity contribution is 5.90. The molecule has 2 N–H and O–H groups in total. The number of hydrogen-bond acceptors (Lipinski definition) is 2. The molecule has 0 unspecified atom stereocenters. The van der Waals surface area contributed by atoms with Crippen LogP contribution in [0.25, 0.3) is 0 Å². The number of amides is 1. The Balaban J connectivity index is 2.95. The van der Waals surface area contributed by atoms with E-state index in [0.717, 1.165) is 29.3 Å². The van der Waals surface area contributed by atoms with Crippen LogP contribution in [0.2, 0.25) is 0 Å². The lowest BCUT2D eigenvalue weighted by molar-refractivity contribution is -0.137. The Morgan fingerprint density at radius 2 is 1.73 bits per heavy atom. The normalized spacial score (nSPS) is 11.3. The van der Waals surface area contributed by atoms with Crippen LogP contribution >= 0.6 is 0 Å². The fourth-order valence-corrected chi connectivity index (χ4v) is 0.993. The topological polar surface area (TPSA) is 46.3 Å². The molecule has 0 radical (unpaired) electrons. The fourth-order valence-electron chi connectivity index (χ4n) is 0.993. The molecule has 0 fully saturated rings. The van der Waals surface area contributed by atoms with E-state index >= 15 is 0 Å². The van der Waals surface area contributed by atoms with Crippen molar-refractivity contribution in [3.05, 3.63) is 29.8 Å². The summed E-state index contributed by atoms with van der Waals surface area (Å²) >= 11 is 0. The number of hydrogen-bond donors (Lipinski definition) is 1. The van der Waals surface area contributed by atoms with Gasteiger partial charge in [0.05, 0.1) is 11.3 Å². The Bertz CT molecular complexity index is 359. The number of halogens is 3. The molecule has 1 amide bonds. The van der Waals surface area contributed by atoms with E-state index in [1.165, 1.54) is 6.92 Å². The number of rotatable bonds is 1. The number of hydrazine groups is 1. The van der Waals surface area contributed by atoms with Gasteiger partial charge >= 0.3 is 6.18 Å². The van der Waals surface area contributed by atoms with E-state index in [9.17, 15) is 18.0 Å². The summed E-state index contributed by atoms with van der Waals surface area (Å²) in [5.74, 6) is 4.85. The maximum absolute atomic E-state index is 12.2. The molecule has 1 rings (SSSR count). The molecular weight excluding hydrogens is 209 g/mol. The molecule has 0 spiro atoms. The van der Waals surface area contributed by atoms with Crippen molar-refractivity contribution < 1.29 is 18.0 Å². The van der Waals surface area contributed by atoms with Gasteiger partial charge in [0.2, 0.25) is 5.91 Å². The Morgan fingerprint density at radius 1 is 1.27 bits per heavy atom. The second-order valence-electron chi connectivity index (χ2n) is 2.93. The highest BCUT2D eigenvalue weighted by Gasteiger charge is 2.30. The van der Waals surface area contributed by atoms with Crippen LogP contribution in [-0.4, -0.2) is 5.91 Å². The first-order valence-corrected chi connectivity index (χ1v) is 4.05. The molecule has 0 saturated carbocycles. The molecule has 1 aromatic carbocycles. The van der Waals surface area contributed by atoms with Gasteiger partial charge < -0.3 is 0 Å². The van der Waals surface area contributed by atoms with Crippen LogP contribution in [0.1, 0.15) is 12.5 Å². The number of nitrogens with zero attached hydrogens (tertiary/aromatic N) is 1. The van der Waals surface area contributed by atoms with Crippen molar-refractivity contribution in [2.45, 2.75) is 13.1 Å². The predicted octanol–water partition coefficient (Wildman–Crippen LogP) is 1.93. The molecule has 0 aliphatic rings. The SMILES string of the molecule is CC(=O)N(N)c1ccc(C(F)(F)F)cc1. The van der Waals surface area contributed by atoms with Crippen LogP contribution in [0, 0.1) is 0 Å². The van der Waals surface area contributed by atoms with Crippen LogP contribution < -0.4 is 10.9 Å². The summed E-state index contributed by atoms with van der Waals surface area (Å²) < 4.78 is 36.5. The zero-order valence-electron chi connectivity index (χ0n) is 7.88.